The molecule has 0 radical (unpaired) electrons. The average molecular weight is 496 g/mol. The van der Waals surface area contributed by atoms with Crippen LogP contribution in [0.4, 0.5) is 10.5 Å². The Balaban J connectivity index is 1.88. The highest BCUT2D eigenvalue weighted by Gasteiger charge is 2.28. The Hall–Kier alpha value is -4.18. The Labute approximate surface area is 203 Å². The quantitative estimate of drug-likeness (QED) is 0.486. The maximum absolute atomic E-state index is 13.2. The van der Waals surface area contributed by atoms with Crippen LogP contribution in [0.1, 0.15) is 27.6 Å². The highest BCUT2D eigenvalue weighted by Crippen LogP contribution is 2.25. The number of sulfonamides is 1. The summed E-state index contributed by atoms with van der Waals surface area (Å²) in [6.07, 6.45) is -1.43. The number of carbonyl (C=O) groups excluding carboxylic acids is 3. The third-order valence-corrected chi connectivity index (χ3v) is 6.94. The summed E-state index contributed by atoms with van der Waals surface area (Å²) in [5.74, 6) is -1.78. The van der Waals surface area contributed by atoms with Crippen molar-refractivity contribution in [3.63, 3.8) is 0 Å². The Morgan fingerprint density at radius 1 is 0.914 bits per heavy atom. The van der Waals surface area contributed by atoms with Gasteiger partial charge in [0.2, 0.25) is 6.10 Å². The van der Waals surface area contributed by atoms with Crippen LogP contribution in [-0.2, 0) is 19.6 Å². The van der Waals surface area contributed by atoms with Crippen LogP contribution in [-0.4, -0.2) is 40.4 Å². The van der Waals surface area contributed by atoms with Gasteiger partial charge in [-0.2, -0.15) is 0 Å². The van der Waals surface area contributed by atoms with E-state index in [1.165, 1.54) is 38.4 Å². The molecular formula is C25H25N3O6S. The van der Waals surface area contributed by atoms with E-state index >= 15 is 0 Å². The first-order valence-corrected chi connectivity index (χ1v) is 12.0. The summed E-state index contributed by atoms with van der Waals surface area (Å²) in [6, 6.07) is 19.7. The molecule has 0 aliphatic rings. The van der Waals surface area contributed by atoms with Gasteiger partial charge in [-0.3, -0.25) is 14.4 Å². The fourth-order valence-corrected chi connectivity index (χ4v) is 4.39. The fraction of sp³-hybridized carbons (Fsp3) is 0.160. The number of imide groups is 1. The summed E-state index contributed by atoms with van der Waals surface area (Å²) < 4.78 is 32.9. The molecule has 10 heteroatoms. The number of urea groups is 1. The molecule has 3 aromatic rings. The van der Waals surface area contributed by atoms with Gasteiger partial charge in [0.05, 0.1) is 16.1 Å². The smallest absolute Gasteiger partial charge is 0.339 e. The first-order valence-electron chi connectivity index (χ1n) is 10.6. The van der Waals surface area contributed by atoms with Crippen molar-refractivity contribution in [1.82, 2.24) is 10.6 Å². The van der Waals surface area contributed by atoms with Gasteiger partial charge in [0.25, 0.3) is 15.9 Å². The topological polar surface area (TPSA) is 122 Å². The zero-order valence-corrected chi connectivity index (χ0v) is 20.2. The van der Waals surface area contributed by atoms with Crippen molar-refractivity contribution in [2.24, 2.45) is 0 Å². The summed E-state index contributed by atoms with van der Waals surface area (Å²) in [7, 11) is -1.23. The molecule has 3 amide bonds. The van der Waals surface area contributed by atoms with Gasteiger partial charge < -0.3 is 10.1 Å². The number of benzene rings is 3. The normalized spacial score (nSPS) is 11.7. The third kappa shape index (κ3) is 6.04. The molecule has 0 aliphatic heterocycles. The predicted molar refractivity (Wildman–Crippen MR) is 130 cm³/mol. The molecule has 0 bridgehead atoms. The van der Waals surface area contributed by atoms with E-state index in [1.54, 1.807) is 54.6 Å². The van der Waals surface area contributed by atoms with Crippen molar-refractivity contribution in [3.8, 4) is 0 Å². The summed E-state index contributed by atoms with van der Waals surface area (Å²) in [6.45, 7) is 1.89. The maximum atomic E-state index is 13.2. The van der Waals surface area contributed by atoms with Gasteiger partial charge in [-0.25, -0.2) is 18.0 Å². The Morgan fingerprint density at radius 3 is 2.20 bits per heavy atom. The van der Waals surface area contributed by atoms with Gasteiger partial charge in [0.1, 0.15) is 0 Å². The molecule has 3 rings (SSSR count). The standard InChI is InChI=1S/C25H25N3O6S/c1-17-12-14-20(15-13-17)28(3)35(32,33)21-11-7-10-19(16-21)24(30)34-22(18-8-5-4-6-9-18)23(29)27-25(31)26-2/h4-16,22H,1-3H3,(H2,26,27,29,31)/t22-/m0/s1. The number of carbonyl (C=O) groups is 3. The van der Waals surface area contributed by atoms with Crippen molar-refractivity contribution in [2.45, 2.75) is 17.9 Å². The zero-order valence-electron chi connectivity index (χ0n) is 19.4. The minimum Gasteiger partial charge on any atom is -0.444 e. The number of ether oxygens (including phenoxy) is 1. The van der Waals surface area contributed by atoms with Gasteiger partial charge in [-0.05, 0) is 37.3 Å². The Kier molecular flexibility index (Phi) is 7.87. The third-order valence-electron chi connectivity index (χ3n) is 5.15. The number of hydrogen-bond donors (Lipinski definition) is 2. The van der Waals surface area contributed by atoms with Crippen LogP contribution in [0.25, 0.3) is 0 Å². The molecule has 2 N–H and O–H groups in total. The van der Waals surface area contributed by atoms with Crippen LogP contribution in [0.2, 0.25) is 0 Å². The number of anilines is 1. The number of amides is 3. The highest BCUT2D eigenvalue weighted by atomic mass is 32.2. The van der Waals surface area contributed by atoms with Gasteiger partial charge in [0.15, 0.2) is 0 Å². The summed E-state index contributed by atoms with van der Waals surface area (Å²) in [4.78, 5) is 37.0. The van der Waals surface area contributed by atoms with E-state index in [4.69, 9.17) is 4.74 Å². The van der Waals surface area contributed by atoms with Crippen LogP contribution in [0.3, 0.4) is 0 Å². The second-order valence-corrected chi connectivity index (χ2v) is 9.57. The van der Waals surface area contributed by atoms with Crippen molar-refractivity contribution < 1.29 is 27.5 Å². The van der Waals surface area contributed by atoms with Gasteiger partial charge in [-0.1, -0.05) is 54.1 Å². The number of esters is 1. The van der Waals surface area contributed by atoms with Gasteiger partial charge in [-0.15, -0.1) is 0 Å². The number of nitrogens with one attached hydrogen (secondary N) is 2. The molecule has 0 spiro atoms. The zero-order chi connectivity index (χ0) is 25.6. The van der Waals surface area contributed by atoms with E-state index < -0.39 is 34.0 Å². The van der Waals surface area contributed by atoms with Crippen LogP contribution in [0.15, 0.2) is 83.8 Å². The minimum absolute atomic E-state index is 0.0722. The summed E-state index contributed by atoms with van der Waals surface area (Å²) in [5.41, 5.74) is 1.71. The molecule has 3 aromatic carbocycles. The van der Waals surface area contributed by atoms with E-state index in [0.29, 0.717) is 11.3 Å². The summed E-state index contributed by atoms with van der Waals surface area (Å²) in [5, 5.41) is 4.34. The Bertz CT molecular complexity index is 1320. The number of rotatable bonds is 7. The lowest BCUT2D eigenvalue weighted by atomic mass is 10.1. The lowest BCUT2D eigenvalue weighted by Gasteiger charge is -2.20. The average Bonchev–Trinajstić information content (AvgIpc) is 2.87. The van der Waals surface area contributed by atoms with Crippen LogP contribution in [0.5, 0.6) is 0 Å². The second kappa shape index (κ2) is 10.8. The largest absolute Gasteiger partial charge is 0.444 e. The molecule has 0 saturated heterocycles. The first-order chi connectivity index (χ1) is 16.6. The predicted octanol–water partition coefficient (Wildman–Crippen LogP) is 3.17. The first kappa shape index (κ1) is 25.4. The minimum atomic E-state index is -3.98. The number of nitrogens with zero attached hydrogens (tertiary/aromatic N) is 1. The van der Waals surface area contributed by atoms with Crippen molar-refractivity contribution in [3.05, 3.63) is 95.6 Å². The lowest BCUT2D eigenvalue weighted by Crippen LogP contribution is -2.41. The maximum Gasteiger partial charge on any atom is 0.339 e. The molecular weight excluding hydrogens is 470 g/mol. The van der Waals surface area contributed by atoms with Gasteiger partial charge in [0, 0.05) is 19.7 Å². The molecule has 35 heavy (non-hydrogen) atoms. The molecule has 0 unspecified atom stereocenters. The molecule has 0 fully saturated rings. The van der Waals surface area contributed by atoms with E-state index in [1.807, 2.05) is 6.92 Å². The molecule has 0 aliphatic carbocycles. The SMILES string of the molecule is CNC(=O)NC(=O)[C@@H](OC(=O)c1cccc(S(=O)(=O)N(C)c2ccc(C)cc2)c1)c1ccccc1. The second-order valence-electron chi connectivity index (χ2n) is 7.60. The van der Waals surface area contributed by atoms with Gasteiger partial charge >= 0.3 is 12.0 Å². The molecule has 1 atom stereocenters. The molecule has 0 aromatic heterocycles. The highest BCUT2D eigenvalue weighted by molar-refractivity contribution is 7.92. The van der Waals surface area contributed by atoms with Crippen LogP contribution in [0, 0.1) is 6.92 Å². The van der Waals surface area contributed by atoms with E-state index in [9.17, 15) is 22.8 Å². The molecule has 0 saturated carbocycles. The molecule has 9 nitrogen and oxygen atoms in total. The fourth-order valence-electron chi connectivity index (χ4n) is 3.15. The number of hydrogen-bond acceptors (Lipinski definition) is 6. The van der Waals surface area contributed by atoms with E-state index in [0.717, 1.165) is 9.87 Å². The lowest BCUT2D eigenvalue weighted by molar-refractivity contribution is -0.129. The van der Waals surface area contributed by atoms with Crippen molar-refractivity contribution >= 4 is 33.6 Å². The molecule has 182 valence electrons. The van der Waals surface area contributed by atoms with Crippen molar-refractivity contribution in [2.75, 3.05) is 18.4 Å². The van der Waals surface area contributed by atoms with Crippen LogP contribution < -0.4 is 14.9 Å². The monoisotopic (exact) mass is 495 g/mol. The molecule has 0 heterocycles. The van der Waals surface area contributed by atoms with Crippen molar-refractivity contribution in [1.29, 1.82) is 0 Å². The summed E-state index contributed by atoms with van der Waals surface area (Å²) >= 11 is 0. The van der Waals surface area contributed by atoms with E-state index in [-0.39, 0.29) is 10.5 Å². The Morgan fingerprint density at radius 2 is 1.57 bits per heavy atom. The van der Waals surface area contributed by atoms with E-state index in [2.05, 4.69) is 10.6 Å². The van der Waals surface area contributed by atoms with Crippen LogP contribution >= 0.6 is 0 Å². The number of aryl methyl sites for hydroxylation is 1.